The quantitative estimate of drug-likeness (QED) is 0.775. The molecule has 1 aliphatic heterocycles. The molecule has 1 heterocycles. The van der Waals surface area contributed by atoms with Gasteiger partial charge in [-0.25, -0.2) is 0 Å². The minimum atomic E-state index is 0.266. The van der Waals surface area contributed by atoms with Crippen molar-refractivity contribution in [1.29, 1.82) is 0 Å². The maximum atomic E-state index is 12.6. The minimum absolute atomic E-state index is 0.266. The van der Waals surface area contributed by atoms with Crippen LogP contribution in [0.3, 0.4) is 0 Å². The van der Waals surface area contributed by atoms with Gasteiger partial charge in [0.25, 0.3) is 0 Å². The lowest BCUT2D eigenvalue weighted by molar-refractivity contribution is -0.137. The molecule has 0 bridgehead atoms. The van der Waals surface area contributed by atoms with Crippen molar-refractivity contribution in [2.45, 2.75) is 63.6 Å². The molecule has 4 heteroatoms. The molecule has 3 aliphatic rings. The second kappa shape index (κ2) is 5.80. The predicted molar refractivity (Wildman–Crippen MR) is 74.0 cm³/mol. The molecule has 2 saturated carbocycles. The van der Waals surface area contributed by atoms with Gasteiger partial charge in [0.15, 0.2) is 0 Å². The highest BCUT2D eigenvalue weighted by atomic mass is 16.5. The summed E-state index contributed by atoms with van der Waals surface area (Å²) < 4.78 is 5.54. The molecule has 4 nitrogen and oxygen atoms in total. The Bertz CT molecular complexity index is 324. The van der Waals surface area contributed by atoms with E-state index in [-0.39, 0.29) is 6.10 Å². The molecular weight excluding hydrogens is 240 g/mol. The van der Waals surface area contributed by atoms with Gasteiger partial charge in [-0.05, 0) is 32.6 Å². The Kier molecular flexibility index (Phi) is 4.08. The number of hydrogen-bond acceptors (Lipinski definition) is 3. The molecule has 1 amide bonds. The third kappa shape index (κ3) is 3.29. The Labute approximate surface area is 116 Å². The van der Waals surface area contributed by atoms with Crippen LogP contribution in [-0.2, 0) is 9.53 Å². The third-order valence-corrected chi connectivity index (χ3v) is 4.63. The van der Waals surface area contributed by atoms with E-state index in [0.29, 0.717) is 24.5 Å². The van der Waals surface area contributed by atoms with Gasteiger partial charge in [-0.3, -0.25) is 9.69 Å². The van der Waals surface area contributed by atoms with E-state index in [4.69, 9.17) is 4.74 Å². The molecule has 0 aromatic rings. The topological polar surface area (TPSA) is 32.8 Å². The van der Waals surface area contributed by atoms with Crippen molar-refractivity contribution in [2.24, 2.45) is 0 Å². The van der Waals surface area contributed by atoms with Crippen molar-refractivity contribution >= 4 is 5.91 Å². The average Bonchev–Trinajstić information content (AvgIpc) is 3.04. The van der Waals surface area contributed by atoms with E-state index in [1.54, 1.807) is 0 Å². The minimum Gasteiger partial charge on any atom is -0.376 e. The summed E-state index contributed by atoms with van der Waals surface area (Å²) in [4.78, 5) is 17.1. The lowest BCUT2D eigenvalue weighted by atomic mass is 10.2. The van der Waals surface area contributed by atoms with Crippen LogP contribution in [0.25, 0.3) is 0 Å². The van der Waals surface area contributed by atoms with Gasteiger partial charge in [0.1, 0.15) is 0 Å². The van der Waals surface area contributed by atoms with Crippen LogP contribution < -0.4 is 0 Å². The van der Waals surface area contributed by atoms with Gasteiger partial charge in [0.2, 0.25) is 5.91 Å². The summed E-state index contributed by atoms with van der Waals surface area (Å²) in [6, 6.07) is 1.10. The van der Waals surface area contributed by atoms with Crippen LogP contribution in [0.2, 0.25) is 0 Å². The lowest BCUT2D eigenvalue weighted by Gasteiger charge is -2.34. The van der Waals surface area contributed by atoms with Gasteiger partial charge in [-0.1, -0.05) is 12.8 Å². The third-order valence-electron chi connectivity index (χ3n) is 4.63. The first kappa shape index (κ1) is 13.4. The summed E-state index contributed by atoms with van der Waals surface area (Å²) in [5, 5.41) is 0. The SMILES string of the molecule is CC1CN(CC(=O)N(C2CCCC2)C2CC2)CCO1. The fourth-order valence-corrected chi connectivity index (χ4v) is 3.55. The monoisotopic (exact) mass is 266 g/mol. The number of amides is 1. The zero-order valence-electron chi connectivity index (χ0n) is 12.0. The molecule has 0 N–H and O–H groups in total. The molecule has 0 radical (unpaired) electrons. The van der Waals surface area contributed by atoms with Crippen LogP contribution in [0.1, 0.15) is 45.4 Å². The van der Waals surface area contributed by atoms with Crippen LogP contribution in [-0.4, -0.2) is 60.1 Å². The van der Waals surface area contributed by atoms with Gasteiger partial charge in [0.05, 0.1) is 19.3 Å². The van der Waals surface area contributed by atoms with E-state index in [1.807, 2.05) is 0 Å². The molecule has 108 valence electrons. The number of carbonyl (C=O) groups excluding carboxylic acids is 1. The van der Waals surface area contributed by atoms with Crippen LogP contribution >= 0.6 is 0 Å². The first-order chi connectivity index (χ1) is 9.24. The number of ether oxygens (including phenoxy) is 1. The van der Waals surface area contributed by atoms with E-state index >= 15 is 0 Å². The Balaban J connectivity index is 1.57. The number of nitrogens with zero attached hydrogens (tertiary/aromatic N) is 2. The first-order valence-corrected chi connectivity index (χ1v) is 7.89. The normalized spacial score (nSPS) is 29.6. The summed E-state index contributed by atoms with van der Waals surface area (Å²) in [5.41, 5.74) is 0. The fourth-order valence-electron chi connectivity index (χ4n) is 3.55. The van der Waals surface area contributed by atoms with Crippen molar-refractivity contribution < 1.29 is 9.53 Å². The van der Waals surface area contributed by atoms with Gasteiger partial charge in [0, 0.05) is 25.2 Å². The van der Waals surface area contributed by atoms with Gasteiger partial charge in [-0.15, -0.1) is 0 Å². The van der Waals surface area contributed by atoms with E-state index in [1.165, 1.54) is 38.5 Å². The van der Waals surface area contributed by atoms with E-state index in [2.05, 4.69) is 16.7 Å². The molecular formula is C15H26N2O2. The van der Waals surface area contributed by atoms with Crippen LogP contribution in [0.15, 0.2) is 0 Å². The summed E-state index contributed by atoms with van der Waals surface area (Å²) >= 11 is 0. The Morgan fingerprint density at radius 2 is 1.89 bits per heavy atom. The Morgan fingerprint density at radius 1 is 1.21 bits per heavy atom. The maximum absolute atomic E-state index is 12.6. The standard InChI is InChI=1S/C15H26N2O2/c1-12-10-16(8-9-19-12)11-15(18)17(14-6-7-14)13-4-2-3-5-13/h12-14H,2-11H2,1H3. The van der Waals surface area contributed by atoms with Crippen LogP contribution in [0.4, 0.5) is 0 Å². The highest BCUT2D eigenvalue weighted by molar-refractivity contribution is 5.79. The largest absolute Gasteiger partial charge is 0.376 e. The van der Waals surface area contributed by atoms with Crippen LogP contribution in [0.5, 0.6) is 0 Å². The van der Waals surface area contributed by atoms with Crippen molar-refractivity contribution in [2.75, 3.05) is 26.2 Å². The summed E-state index contributed by atoms with van der Waals surface area (Å²) in [6.07, 6.45) is 7.76. The highest BCUT2D eigenvalue weighted by Crippen LogP contribution is 2.34. The van der Waals surface area contributed by atoms with Crippen molar-refractivity contribution in [1.82, 2.24) is 9.80 Å². The smallest absolute Gasteiger partial charge is 0.237 e. The number of carbonyl (C=O) groups is 1. The summed E-state index contributed by atoms with van der Waals surface area (Å²) in [6.45, 7) is 5.25. The zero-order valence-corrected chi connectivity index (χ0v) is 12.0. The highest BCUT2D eigenvalue weighted by Gasteiger charge is 2.38. The van der Waals surface area contributed by atoms with Gasteiger partial charge in [-0.2, -0.15) is 0 Å². The molecule has 1 unspecified atom stereocenters. The summed E-state index contributed by atoms with van der Waals surface area (Å²) in [5.74, 6) is 0.364. The molecule has 1 atom stereocenters. The molecule has 1 saturated heterocycles. The van der Waals surface area contributed by atoms with Crippen molar-refractivity contribution in [3.05, 3.63) is 0 Å². The first-order valence-electron chi connectivity index (χ1n) is 7.89. The molecule has 0 aromatic heterocycles. The molecule has 3 rings (SSSR count). The summed E-state index contributed by atoms with van der Waals surface area (Å²) in [7, 11) is 0. The van der Waals surface area contributed by atoms with Gasteiger partial charge >= 0.3 is 0 Å². The Morgan fingerprint density at radius 3 is 2.53 bits per heavy atom. The Hall–Kier alpha value is -0.610. The van der Waals surface area contributed by atoms with Gasteiger partial charge < -0.3 is 9.64 Å². The molecule has 2 aliphatic carbocycles. The lowest BCUT2D eigenvalue weighted by Crippen LogP contribution is -2.49. The zero-order chi connectivity index (χ0) is 13.2. The fraction of sp³-hybridized carbons (Fsp3) is 0.933. The van der Waals surface area contributed by atoms with E-state index in [0.717, 1.165) is 19.7 Å². The number of hydrogen-bond donors (Lipinski definition) is 0. The molecule has 19 heavy (non-hydrogen) atoms. The van der Waals surface area contributed by atoms with E-state index in [9.17, 15) is 4.79 Å². The van der Waals surface area contributed by atoms with Crippen molar-refractivity contribution in [3.8, 4) is 0 Å². The predicted octanol–water partition coefficient (Wildman–Crippen LogP) is 1.64. The number of morpholine rings is 1. The van der Waals surface area contributed by atoms with Crippen LogP contribution in [0, 0.1) is 0 Å². The maximum Gasteiger partial charge on any atom is 0.237 e. The van der Waals surface area contributed by atoms with E-state index < -0.39 is 0 Å². The molecule has 0 spiro atoms. The second-order valence-corrected chi connectivity index (χ2v) is 6.39. The second-order valence-electron chi connectivity index (χ2n) is 6.39. The molecule has 3 fully saturated rings. The van der Waals surface area contributed by atoms with Crippen molar-refractivity contribution in [3.63, 3.8) is 0 Å². The molecule has 0 aromatic carbocycles. The number of rotatable bonds is 4. The average molecular weight is 266 g/mol.